The van der Waals surface area contributed by atoms with Gasteiger partial charge >= 0.3 is 0 Å². The van der Waals surface area contributed by atoms with Gasteiger partial charge in [-0.2, -0.15) is 8.42 Å². The molecule has 1 fully saturated rings. The molecular formula is C23H27FN4O3S2. The van der Waals surface area contributed by atoms with Gasteiger partial charge in [0, 0.05) is 51.5 Å². The van der Waals surface area contributed by atoms with Crippen LogP contribution in [0.25, 0.3) is 0 Å². The predicted molar refractivity (Wildman–Crippen MR) is 132 cm³/mol. The second-order valence-electron chi connectivity index (χ2n) is 8.06. The van der Waals surface area contributed by atoms with Gasteiger partial charge in [-0.1, -0.05) is 24.4 Å². The van der Waals surface area contributed by atoms with Gasteiger partial charge in [-0.15, -0.1) is 4.40 Å². The minimum Gasteiger partial charge on any atom is -0.368 e. The molecule has 0 radical (unpaired) electrons. The third kappa shape index (κ3) is 6.14. The number of thiocarbonyl (C=S) groups is 1. The SMILES string of the molecule is CC(C(=O)c1ccc(S(=O)(=O)/N=C\N(C)C)cc1)C(=S)N1CCN(c2ccc(F)cc2)CC1. The third-order valence-corrected chi connectivity index (χ3v) is 7.25. The maximum atomic E-state index is 13.2. The molecule has 10 heteroatoms. The van der Waals surface area contributed by atoms with Gasteiger partial charge in [0.25, 0.3) is 10.0 Å². The molecule has 0 aromatic heterocycles. The molecule has 0 bridgehead atoms. The Balaban J connectivity index is 1.61. The Hall–Kier alpha value is -2.85. The number of hydrogen-bond acceptors (Lipinski definition) is 5. The zero-order valence-electron chi connectivity index (χ0n) is 18.8. The Labute approximate surface area is 199 Å². The number of rotatable bonds is 7. The van der Waals surface area contributed by atoms with E-state index in [9.17, 15) is 17.6 Å². The lowest BCUT2D eigenvalue weighted by Gasteiger charge is -2.38. The van der Waals surface area contributed by atoms with Crippen LogP contribution in [0.2, 0.25) is 0 Å². The average molecular weight is 491 g/mol. The fourth-order valence-electron chi connectivity index (χ4n) is 3.48. The van der Waals surface area contributed by atoms with Crippen molar-refractivity contribution >= 4 is 45.0 Å². The van der Waals surface area contributed by atoms with Gasteiger partial charge in [-0.3, -0.25) is 4.79 Å². The zero-order chi connectivity index (χ0) is 24.2. The Morgan fingerprint density at radius 2 is 1.64 bits per heavy atom. The van der Waals surface area contributed by atoms with Gasteiger partial charge in [-0.05, 0) is 43.3 Å². The molecular weight excluding hydrogens is 463 g/mol. The summed E-state index contributed by atoms with van der Waals surface area (Å²) in [6.45, 7) is 4.52. The van der Waals surface area contributed by atoms with Crippen LogP contribution < -0.4 is 4.90 Å². The number of halogens is 1. The van der Waals surface area contributed by atoms with Gasteiger partial charge in [0.05, 0.1) is 15.8 Å². The van der Waals surface area contributed by atoms with E-state index in [4.69, 9.17) is 12.2 Å². The number of carbonyl (C=O) groups is 1. The molecule has 1 heterocycles. The molecule has 2 aromatic rings. The summed E-state index contributed by atoms with van der Waals surface area (Å²) in [4.78, 5) is 19.3. The van der Waals surface area contributed by atoms with Crippen LogP contribution >= 0.6 is 12.2 Å². The molecule has 0 aliphatic carbocycles. The molecule has 0 N–H and O–H groups in total. The molecule has 2 aromatic carbocycles. The molecule has 1 unspecified atom stereocenters. The number of hydrogen-bond donors (Lipinski definition) is 0. The molecule has 0 saturated carbocycles. The number of nitrogens with zero attached hydrogens (tertiary/aromatic N) is 4. The highest BCUT2D eigenvalue weighted by atomic mass is 32.2. The van der Waals surface area contributed by atoms with Crippen LogP contribution in [0.3, 0.4) is 0 Å². The van der Waals surface area contributed by atoms with Gasteiger partial charge < -0.3 is 14.7 Å². The van der Waals surface area contributed by atoms with Crippen molar-refractivity contribution in [2.45, 2.75) is 11.8 Å². The van der Waals surface area contributed by atoms with E-state index in [1.54, 1.807) is 33.2 Å². The van der Waals surface area contributed by atoms with E-state index in [0.717, 1.165) is 5.69 Å². The fourth-order valence-corrected chi connectivity index (χ4v) is 4.69. The van der Waals surface area contributed by atoms with Crippen LogP contribution in [0, 0.1) is 11.7 Å². The monoisotopic (exact) mass is 490 g/mol. The molecule has 1 aliphatic rings. The number of sulfonamides is 1. The number of piperazine rings is 1. The topological polar surface area (TPSA) is 73.3 Å². The fraction of sp³-hybridized carbons (Fsp3) is 0.348. The summed E-state index contributed by atoms with van der Waals surface area (Å²) in [7, 11) is -0.476. The van der Waals surface area contributed by atoms with Crippen molar-refractivity contribution in [3.05, 3.63) is 59.9 Å². The Bertz CT molecular complexity index is 1130. The first-order valence-electron chi connectivity index (χ1n) is 10.5. The maximum absolute atomic E-state index is 13.2. The van der Waals surface area contributed by atoms with Crippen molar-refractivity contribution in [2.24, 2.45) is 10.3 Å². The minimum absolute atomic E-state index is 0.0179. The second kappa shape index (κ2) is 10.4. The van der Waals surface area contributed by atoms with Crippen LogP contribution in [0.4, 0.5) is 10.1 Å². The van der Waals surface area contributed by atoms with E-state index in [2.05, 4.69) is 9.30 Å². The number of benzene rings is 2. The Kier molecular flexibility index (Phi) is 7.80. The van der Waals surface area contributed by atoms with Gasteiger partial charge in [0.15, 0.2) is 5.78 Å². The summed E-state index contributed by atoms with van der Waals surface area (Å²) < 4.78 is 41.3. The summed E-state index contributed by atoms with van der Waals surface area (Å²) in [6, 6.07) is 12.1. The first-order valence-corrected chi connectivity index (χ1v) is 12.3. The lowest BCUT2D eigenvalue weighted by atomic mass is 9.98. The highest BCUT2D eigenvalue weighted by molar-refractivity contribution is 7.90. The van der Waals surface area contributed by atoms with E-state index in [1.807, 2.05) is 4.90 Å². The Morgan fingerprint density at radius 3 is 2.18 bits per heavy atom. The predicted octanol–water partition coefficient (Wildman–Crippen LogP) is 3.07. The molecule has 3 rings (SSSR count). The van der Waals surface area contributed by atoms with E-state index in [0.29, 0.717) is 36.7 Å². The molecule has 0 amide bonds. The lowest BCUT2D eigenvalue weighted by Crippen LogP contribution is -2.50. The largest absolute Gasteiger partial charge is 0.368 e. The number of ketones is 1. The smallest absolute Gasteiger partial charge is 0.283 e. The van der Waals surface area contributed by atoms with Crippen LogP contribution in [0.1, 0.15) is 17.3 Å². The van der Waals surface area contributed by atoms with Gasteiger partial charge in [-0.25, -0.2) is 4.39 Å². The zero-order valence-corrected chi connectivity index (χ0v) is 20.4. The minimum atomic E-state index is -3.83. The molecule has 1 atom stereocenters. The number of Topliss-reactive ketones (excluding diaryl/α,β-unsaturated/α-hetero) is 1. The van der Waals surface area contributed by atoms with Crippen molar-refractivity contribution < 1.29 is 17.6 Å². The van der Waals surface area contributed by atoms with Crippen LogP contribution in [-0.2, 0) is 10.0 Å². The van der Waals surface area contributed by atoms with Crippen LogP contribution in [0.5, 0.6) is 0 Å². The van der Waals surface area contributed by atoms with Crippen molar-refractivity contribution in [2.75, 3.05) is 45.2 Å². The molecule has 1 saturated heterocycles. The summed E-state index contributed by atoms with van der Waals surface area (Å²) in [5, 5.41) is 0. The summed E-state index contributed by atoms with van der Waals surface area (Å²) in [5.41, 5.74) is 1.35. The van der Waals surface area contributed by atoms with Gasteiger partial charge in [0.2, 0.25) is 0 Å². The van der Waals surface area contributed by atoms with E-state index < -0.39 is 15.9 Å². The average Bonchev–Trinajstić information content (AvgIpc) is 2.82. The van der Waals surface area contributed by atoms with Gasteiger partial charge in [0.1, 0.15) is 12.2 Å². The van der Waals surface area contributed by atoms with Crippen molar-refractivity contribution in [1.29, 1.82) is 0 Å². The van der Waals surface area contributed by atoms with Crippen LogP contribution in [-0.4, -0.2) is 75.6 Å². The summed E-state index contributed by atoms with van der Waals surface area (Å²) >= 11 is 5.61. The third-order valence-electron chi connectivity index (χ3n) is 5.40. The molecule has 176 valence electrons. The molecule has 7 nitrogen and oxygen atoms in total. The molecule has 33 heavy (non-hydrogen) atoms. The van der Waals surface area contributed by atoms with Crippen molar-refractivity contribution in [1.82, 2.24) is 9.80 Å². The number of carbonyl (C=O) groups excluding carboxylic acids is 1. The standard InChI is InChI=1S/C23H27FN4O3S2/c1-17(22(29)18-4-10-21(11-5-18)33(30,31)25-16-26(2)3)23(32)28-14-12-27(13-15-28)20-8-6-19(24)7-9-20/h4-11,16-17H,12-15H2,1-3H3/b25-16-. The highest BCUT2D eigenvalue weighted by Gasteiger charge is 2.27. The van der Waals surface area contributed by atoms with Crippen LogP contribution in [0.15, 0.2) is 57.8 Å². The van der Waals surface area contributed by atoms with E-state index in [-0.39, 0.29) is 16.5 Å². The summed E-state index contributed by atoms with van der Waals surface area (Å²) in [6.07, 6.45) is 1.21. The quantitative estimate of drug-likeness (QED) is 0.256. The summed E-state index contributed by atoms with van der Waals surface area (Å²) in [5.74, 6) is -0.953. The van der Waals surface area contributed by atoms with Crippen molar-refractivity contribution in [3.63, 3.8) is 0 Å². The first kappa shape index (κ1) is 24.8. The van der Waals surface area contributed by atoms with Crippen molar-refractivity contribution in [3.8, 4) is 0 Å². The normalized spacial score (nSPS) is 15.5. The highest BCUT2D eigenvalue weighted by Crippen LogP contribution is 2.21. The maximum Gasteiger partial charge on any atom is 0.283 e. The first-order chi connectivity index (χ1) is 15.6. The number of anilines is 1. The van der Waals surface area contributed by atoms with E-state index in [1.165, 1.54) is 47.6 Å². The lowest BCUT2D eigenvalue weighted by molar-refractivity contribution is 0.0956. The molecule has 0 spiro atoms. The second-order valence-corrected chi connectivity index (χ2v) is 10.1. The van der Waals surface area contributed by atoms with E-state index >= 15 is 0 Å². The molecule has 1 aliphatic heterocycles. The Morgan fingerprint density at radius 1 is 1.06 bits per heavy atom.